The van der Waals surface area contributed by atoms with Gasteiger partial charge in [0.15, 0.2) is 0 Å². The lowest BCUT2D eigenvalue weighted by Crippen LogP contribution is -2.10. The van der Waals surface area contributed by atoms with Gasteiger partial charge in [-0.05, 0) is 37.5 Å². The third-order valence-corrected chi connectivity index (χ3v) is 3.66. The summed E-state index contributed by atoms with van der Waals surface area (Å²) in [6.45, 7) is 7.10. The van der Waals surface area contributed by atoms with Gasteiger partial charge in [0.1, 0.15) is 4.99 Å². The number of thiocarbonyl (C=S) groups is 1. The number of rotatable bonds is 4. The molecule has 19 heavy (non-hydrogen) atoms. The van der Waals surface area contributed by atoms with Crippen LogP contribution in [0.15, 0.2) is 24.3 Å². The van der Waals surface area contributed by atoms with Crippen molar-refractivity contribution in [1.29, 1.82) is 0 Å². The molecule has 0 spiro atoms. The van der Waals surface area contributed by atoms with E-state index in [0.717, 1.165) is 24.2 Å². The van der Waals surface area contributed by atoms with Gasteiger partial charge in [0, 0.05) is 11.3 Å². The second-order valence-corrected chi connectivity index (χ2v) is 5.17. The third-order valence-electron chi connectivity index (χ3n) is 3.43. The van der Waals surface area contributed by atoms with Crippen LogP contribution in [0.5, 0.6) is 0 Å². The monoisotopic (exact) mass is 273 g/mol. The van der Waals surface area contributed by atoms with E-state index < -0.39 is 0 Å². The first kappa shape index (κ1) is 13.7. The summed E-state index contributed by atoms with van der Waals surface area (Å²) in [5.41, 5.74) is 11.4. The highest BCUT2D eigenvalue weighted by Gasteiger charge is 2.10. The van der Waals surface area contributed by atoms with Crippen molar-refractivity contribution in [2.45, 2.75) is 33.7 Å². The Kier molecular flexibility index (Phi) is 4.00. The van der Waals surface area contributed by atoms with Crippen LogP contribution in [0.3, 0.4) is 0 Å². The lowest BCUT2D eigenvalue weighted by atomic mass is 10.1. The SMILES string of the molecule is CCc1c(C)nn(Cc2cccc(C(N)=S)c2)c1C. The molecule has 4 heteroatoms. The van der Waals surface area contributed by atoms with E-state index in [1.165, 1.54) is 16.8 Å². The van der Waals surface area contributed by atoms with E-state index in [-0.39, 0.29) is 0 Å². The minimum absolute atomic E-state index is 0.435. The zero-order valence-corrected chi connectivity index (χ0v) is 12.4. The molecule has 1 aromatic carbocycles. The summed E-state index contributed by atoms with van der Waals surface area (Å²) in [4.78, 5) is 0.435. The van der Waals surface area contributed by atoms with Gasteiger partial charge in [-0.2, -0.15) is 5.10 Å². The molecular weight excluding hydrogens is 254 g/mol. The quantitative estimate of drug-likeness (QED) is 0.871. The fraction of sp³-hybridized carbons (Fsp3) is 0.333. The zero-order valence-electron chi connectivity index (χ0n) is 11.6. The van der Waals surface area contributed by atoms with E-state index in [1.807, 2.05) is 22.9 Å². The van der Waals surface area contributed by atoms with Gasteiger partial charge >= 0.3 is 0 Å². The Hall–Kier alpha value is -1.68. The Balaban J connectivity index is 2.31. The maximum atomic E-state index is 5.66. The van der Waals surface area contributed by atoms with Crippen molar-refractivity contribution in [2.75, 3.05) is 0 Å². The number of nitrogens with two attached hydrogens (primary N) is 1. The summed E-state index contributed by atoms with van der Waals surface area (Å²) < 4.78 is 2.05. The van der Waals surface area contributed by atoms with Gasteiger partial charge in [-0.15, -0.1) is 0 Å². The van der Waals surface area contributed by atoms with Crippen LogP contribution in [0.1, 0.15) is 35.0 Å². The second-order valence-electron chi connectivity index (χ2n) is 4.73. The molecule has 0 aliphatic rings. The summed E-state index contributed by atoms with van der Waals surface area (Å²) in [6, 6.07) is 8.02. The maximum absolute atomic E-state index is 5.66. The first-order chi connectivity index (χ1) is 9.02. The second kappa shape index (κ2) is 5.53. The fourth-order valence-corrected chi connectivity index (χ4v) is 2.52. The number of nitrogens with zero attached hydrogens (tertiary/aromatic N) is 2. The number of hydrogen-bond donors (Lipinski definition) is 1. The highest BCUT2D eigenvalue weighted by Crippen LogP contribution is 2.15. The van der Waals surface area contributed by atoms with Crippen LogP contribution in [0.4, 0.5) is 0 Å². The molecule has 100 valence electrons. The first-order valence-corrected chi connectivity index (χ1v) is 6.85. The van der Waals surface area contributed by atoms with Gasteiger partial charge in [0.05, 0.1) is 12.2 Å². The van der Waals surface area contributed by atoms with Crippen LogP contribution in [-0.2, 0) is 13.0 Å². The van der Waals surface area contributed by atoms with Crippen LogP contribution in [0, 0.1) is 13.8 Å². The van der Waals surface area contributed by atoms with Crippen molar-refractivity contribution >= 4 is 17.2 Å². The van der Waals surface area contributed by atoms with E-state index in [1.54, 1.807) is 0 Å². The van der Waals surface area contributed by atoms with Crippen LogP contribution in [0.2, 0.25) is 0 Å². The summed E-state index contributed by atoms with van der Waals surface area (Å²) in [5.74, 6) is 0. The van der Waals surface area contributed by atoms with E-state index in [4.69, 9.17) is 18.0 Å². The molecule has 0 aliphatic carbocycles. The lowest BCUT2D eigenvalue weighted by molar-refractivity contribution is 0.658. The number of benzene rings is 1. The van der Waals surface area contributed by atoms with Crippen molar-refractivity contribution in [3.05, 3.63) is 52.3 Å². The topological polar surface area (TPSA) is 43.8 Å². The molecule has 0 radical (unpaired) electrons. The van der Waals surface area contributed by atoms with Gasteiger partial charge < -0.3 is 5.73 Å². The van der Waals surface area contributed by atoms with E-state index in [0.29, 0.717) is 4.99 Å². The Morgan fingerprint density at radius 3 is 2.68 bits per heavy atom. The molecule has 0 bridgehead atoms. The molecule has 2 N–H and O–H groups in total. The van der Waals surface area contributed by atoms with Crippen molar-refractivity contribution < 1.29 is 0 Å². The Morgan fingerprint density at radius 1 is 1.37 bits per heavy atom. The van der Waals surface area contributed by atoms with E-state index in [9.17, 15) is 0 Å². The normalized spacial score (nSPS) is 10.7. The minimum Gasteiger partial charge on any atom is -0.389 e. The molecule has 0 unspecified atom stereocenters. The van der Waals surface area contributed by atoms with Crippen LogP contribution in [-0.4, -0.2) is 14.8 Å². The highest BCUT2D eigenvalue weighted by atomic mass is 32.1. The number of aromatic nitrogens is 2. The molecule has 2 aromatic rings. The van der Waals surface area contributed by atoms with E-state index in [2.05, 4.69) is 31.9 Å². The Bertz CT molecular complexity index is 614. The number of hydrogen-bond acceptors (Lipinski definition) is 2. The van der Waals surface area contributed by atoms with Gasteiger partial charge in [-0.25, -0.2) is 0 Å². The zero-order chi connectivity index (χ0) is 14.0. The van der Waals surface area contributed by atoms with Gasteiger partial charge in [-0.1, -0.05) is 37.3 Å². The molecule has 0 saturated heterocycles. The molecule has 2 rings (SSSR count). The smallest absolute Gasteiger partial charge is 0.103 e. The van der Waals surface area contributed by atoms with Crippen molar-refractivity contribution in [2.24, 2.45) is 5.73 Å². The predicted octanol–water partition coefficient (Wildman–Crippen LogP) is 2.74. The average molecular weight is 273 g/mol. The fourth-order valence-electron chi connectivity index (χ4n) is 2.40. The van der Waals surface area contributed by atoms with Crippen LogP contribution in [0.25, 0.3) is 0 Å². The molecule has 1 heterocycles. The maximum Gasteiger partial charge on any atom is 0.103 e. The first-order valence-electron chi connectivity index (χ1n) is 6.44. The van der Waals surface area contributed by atoms with Crippen LogP contribution >= 0.6 is 12.2 Å². The molecule has 0 saturated carbocycles. The van der Waals surface area contributed by atoms with Gasteiger partial charge in [-0.3, -0.25) is 4.68 Å². The van der Waals surface area contributed by atoms with E-state index >= 15 is 0 Å². The largest absolute Gasteiger partial charge is 0.389 e. The van der Waals surface area contributed by atoms with Crippen LogP contribution < -0.4 is 5.73 Å². The molecule has 0 amide bonds. The average Bonchev–Trinajstić information content (AvgIpc) is 2.64. The Labute approximate surface area is 119 Å². The molecule has 0 aliphatic heterocycles. The van der Waals surface area contributed by atoms with Gasteiger partial charge in [0.25, 0.3) is 0 Å². The standard InChI is InChI=1S/C15H19N3S/c1-4-14-10(2)17-18(11(14)3)9-12-6-5-7-13(8-12)15(16)19/h5-8H,4,9H2,1-3H3,(H2,16,19). The highest BCUT2D eigenvalue weighted by molar-refractivity contribution is 7.80. The minimum atomic E-state index is 0.435. The Morgan fingerprint density at radius 2 is 2.11 bits per heavy atom. The van der Waals surface area contributed by atoms with Crippen molar-refractivity contribution in [3.63, 3.8) is 0 Å². The summed E-state index contributed by atoms with van der Waals surface area (Å²) in [5, 5.41) is 4.60. The molecule has 0 fully saturated rings. The molecule has 0 atom stereocenters. The van der Waals surface area contributed by atoms with Crippen molar-refractivity contribution in [3.8, 4) is 0 Å². The lowest BCUT2D eigenvalue weighted by Gasteiger charge is -2.07. The predicted molar refractivity (Wildman–Crippen MR) is 82.5 cm³/mol. The third kappa shape index (κ3) is 2.84. The summed E-state index contributed by atoms with van der Waals surface area (Å²) in [6.07, 6.45) is 1.02. The molecule has 1 aromatic heterocycles. The molecular formula is C15H19N3S. The summed E-state index contributed by atoms with van der Waals surface area (Å²) in [7, 11) is 0. The summed E-state index contributed by atoms with van der Waals surface area (Å²) >= 11 is 5.01. The molecule has 3 nitrogen and oxygen atoms in total. The van der Waals surface area contributed by atoms with Crippen molar-refractivity contribution in [1.82, 2.24) is 9.78 Å². The van der Waals surface area contributed by atoms with Gasteiger partial charge in [0.2, 0.25) is 0 Å². The number of aryl methyl sites for hydroxylation is 1.